The van der Waals surface area contributed by atoms with Gasteiger partial charge in [-0.3, -0.25) is 9.59 Å². The summed E-state index contributed by atoms with van der Waals surface area (Å²) in [6, 6.07) is 7.66. The maximum Gasteiger partial charge on any atom is 0.290 e. The Labute approximate surface area is 246 Å². The van der Waals surface area contributed by atoms with Gasteiger partial charge in [0.25, 0.3) is 5.91 Å². The van der Waals surface area contributed by atoms with E-state index in [0.717, 1.165) is 11.0 Å². The number of nitrogens with zero attached hydrogens (tertiary/aromatic N) is 6. The summed E-state index contributed by atoms with van der Waals surface area (Å²) in [5.74, 6) is 1.61. The van der Waals surface area contributed by atoms with Crippen LogP contribution in [-0.4, -0.2) is 93.3 Å². The highest BCUT2D eigenvalue weighted by Gasteiger charge is 2.36. The molecule has 0 bridgehead atoms. The van der Waals surface area contributed by atoms with Crippen molar-refractivity contribution in [2.24, 2.45) is 11.8 Å². The third-order valence-electron chi connectivity index (χ3n) is 7.23. The Balaban J connectivity index is 0.00000220. The molecule has 0 aliphatic carbocycles. The van der Waals surface area contributed by atoms with E-state index in [1.807, 2.05) is 38.6 Å². The SMILES string of the molecule is Cc1noc(CCn2c(C(=O)N(CC(C)C)[C@@H]3CNC[C@H](C(=O)N4CCOCC4)C3)nc3ccccc32)n1.Cl.Cl. The third kappa shape index (κ3) is 7.12. The highest BCUT2D eigenvalue weighted by atomic mass is 35.5. The molecule has 0 unspecified atom stereocenters. The zero-order chi connectivity index (χ0) is 26.6. The number of para-hydroxylation sites is 2. The molecule has 2 aliphatic heterocycles. The number of halogens is 2. The van der Waals surface area contributed by atoms with E-state index in [1.165, 1.54) is 0 Å². The molecule has 1 aromatic carbocycles. The molecule has 0 spiro atoms. The van der Waals surface area contributed by atoms with Gasteiger partial charge in [0.05, 0.1) is 30.2 Å². The van der Waals surface area contributed by atoms with E-state index in [2.05, 4.69) is 29.3 Å². The fraction of sp³-hybridized carbons (Fsp3) is 0.593. The highest BCUT2D eigenvalue weighted by molar-refractivity contribution is 5.95. The Hall–Kier alpha value is -2.73. The number of imidazole rings is 1. The van der Waals surface area contributed by atoms with Crippen molar-refractivity contribution in [3.63, 3.8) is 0 Å². The van der Waals surface area contributed by atoms with Crippen molar-refractivity contribution >= 4 is 47.7 Å². The normalized spacial score (nSPS) is 19.2. The first kappa shape index (κ1) is 31.8. The number of morpholine rings is 1. The lowest BCUT2D eigenvalue weighted by Gasteiger charge is -2.40. The lowest BCUT2D eigenvalue weighted by atomic mass is 9.92. The maximum absolute atomic E-state index is 14.2. The Bertz CT molecular complexity index is 1270. The third-order valence-corrected chi connectivity index (χ3v) is 7.23. The summed E-state index contributed by atoms with van der Waals surface area (Å²) in [5, 5.41) is 7.31. The number of carbonyl (C=O) groups excluding carboxylic acids is 2. The minimum Gasteiger partial charge on any atom is -0.378 e. The zero-order valence-corrected chi connectivity index (χ0v) is 24.9. The maximum atomic E-state index is 14.2. The van der Waals surface area contributed by atoms with Crippen molar-refractivity contribution in [1.29, 1.82) is 0 Å². The van der Waals surface area contributed by atoms with Gasteiger partial charge < -0.3 is 28.9 Å². The molecule has 2 saturated heterocycles. The van der Waals surface area contributed by atoms with Crippen LogP contribution in [0.3, 0.4) is 0 Å². The molecule has 0 radical (unpaired) electrons. The van der Waals surface area contributed by atoms with Crippen LogP contribution in [-0.2, 0) is 22.5 Å². The Morgan fingerprint density at radius 1 is 1.12 bits per heavy atom. The van der Waals surface area contributed by atoms with E-state index in [4.69, 9.17) is 14.2 Å². The van der Waals surface area contributed by atoms with Gasteiger partial charge in [0, 0.05) is 51.7 Å². The number of benzene rings is 1. The summed E-state index contributed by atoms with van der Waals surface area (Å²) in [7, 11) is 0. The van der Waals surface area contributed by atoms with Crippen molar-refractivity contribution in [3.05, 3.63) is 41.8 Å². The molecule has 2 aromatic heterocycles. The van der Waals surface area contributed by atoms with Crippen molar-refractivity contribution in [2.75, 3.05) is 45.9 Å². The molecule has 4 heterocycles. The Kier molecular flexibility index (Phi) is 11.3. The first-order chi connectivity index (χ1) is 18.4. The molecule has 2 aliphatic rings. The minimum atomic E-state index is -0.172. The summed E-state index contributed by atoms with van der Waals surface area (Å²) in [5.41, 5.74) is 1.66. The molecular formula is C27H39Cl2N7O4. The van der Waals surface area contributed by atoms with Gasteiger partial charge >= 0.3 is 0 Å². The number of ether oxygens (including phenoxy) is 1. The van der Waals surface area contributed by atoms with Crippen LogP contribution in [0.25, 0.3) is 11.0 Å². The van der Waals surface area contributed by atoms with Crippen LogP contribution < -0.4 is 5.32 Å². The predicted molar refractivity (Wildman–Crippen MR) is 155 cm³/mol. The number of hydrogen-bond acceptors (Lipinski definition) is 8. The first-order valence-electron chi connectivity index (χ1n) is 13.5. The van der Waals surface area contributed by atoms with Gasteiger partial charge in [-0.2, -0.15) is 4.98 Å². The Morgan fingerprint density at radius 3 is 2.58 bits per heavy atom. The van der Waals surface area contributed by atoms with Gasteiger partial charge in [-0.05, 0) is 31.4 Å². The molecule has 0 saturated carbocycles. The van der Waals surface area contributed by atoms with Gasteiger partial charge in [-0.1, -0.05) is 31.1 Å². The molecule has 2 amide bonds. The van der Waals surface area contributed by atoms with Gasteiger partial charge in [0.1, 0.15) is 0 Å². The first-order valence-corrected chi connectivity index (χ1v) is 13.5. The number of piperidine rings is 1. The second-order valence-corrected chi connectivity index (χ2v) is 10.6. The topological polar surface area (TPSA) is 119 Å². The number of rotatable bonds is 8. The number of carbonyl (C=O) groups is 2. The number of nitrogens with one attached hydrogen (secondary N) is 1. The summed E-state index contributed by atoms with van der Waals surface area (Å²) in [6.07, 6.45) is 1.12. The molecule has 3 aromatic rings. The second-order valence-electron chi connectivity index (χ2n) is 10.6. The molecule has 13 heteroatoms. The van der Waals surface area contributed by atoms with E-state index in [0.29, 0.717) is 82.9 Å². The van der Waals surface area contributed by atoms with Crippen LogP contribution >= 0.6 is 24.8 Å². The quantitative estimate of drug-likeness (QED) is 0.422. The summed E-state index contributed by atoms with van der Waals surface area (Å²) in [6.45, 7) is 10.7. The average molecular weight is 597 g/mol. The largest absolute Gasteiger partial charge is 0.378 e. The van der Waals surface area contributed by atoms with Crippen molar-refractivity contribution in [3.8, 4) is 0 Å². The van der Waals surface area contributed by atoms with Crippen LogP contribution in [0, 0.1) is 18.8 Å². The van der Waals surface area contributed by atoms with Gasteiger partial charge in [-0.25, -0.2) is 4.98 Å². The number of aryl methyl sites for hydroxylation is 3. The van der Waals surface area contributed by atoms with Gasteiger partial charge in [0.2, 0.25) is 11.8 Å². The molecule has 11 nitrogen and oxygen atoms in total. The van der Waals surface area contributed by atoms with Crippen LogP contribution in [0.2, 0.25) is 0 Å². The summed E-state index contributed by atoms with van der Waals surface area (Å²) in [4.78, 5) is 40.4. The second kappa shape index (κ2) is 14.2. The summed E-state index contributed by atoms with van der Waals surface area (Å²) >= 11 is 0. The molecule has 40 heavy (non-hydrogen) atoms. The molecular weight excluding hydrogens is 557 g/mol. The van der Waals surface area contributed by atoms with Gasteiger partial charge in [0.15, 0.2) is 11.6 Å². The molecule has 2 atom stereocenters. The van der Waals surface area contributed by atoms with Crippen LogP contribution in [0.4, 0.5) is 0 Å². The summed E-state index contributed by atoms with van der Waals surface area (Å²) < 4.78 is 12.7. The van der Waals surface area contributed by atoms with E-state index in [9.17, 15) is 9.59 Å². The molecule has 1 N–H and O–H groups in total. The smallest absolute Gasteiger partial charge is 0.290 e. The number of hydrogen-bond donors (Lipinski definition) is 1. The molecule has 220 valence electrons. The standard InChI is InChI=1S/C27H37N7O4.2ClH/c1-18(2)17-34(21-14-20(15-28-16-21)26(35)32-10-12-37-13-11-32)27(36)25-30-22-6-4-5-7-23(22)33(25)9-8-24-29-19(3)31-38-24;;/h4-7,18,20-21,28H,8-17H2,1-3H3;2*1H/t20-,21+;;/m1../s1. The van der Waals surface area contributed by atoms with Gasteiger partial charge in [-0.15, -0.1) is 24.8 Å². The van der Waals surface area contributed by atoms with E-state index >= 15 is 0 Å². The van der Waals surface area contributed by atoms with E-state index in [1.54, 1.807) is 6.92 Å². The fourth-order valence-electron chi connectivity index (χ4n) is 5.42. The average Bonchev–Trinajstić information content (AvgIpc) is 3.53. The van der Waals surface area contributed by atoms with Crippen molar-refractivity contribution in [2.45, 2.75) is 46.2 Å². The van der Waals surface area contributed by atoms with Crippen molar-refractivity contribution < 1.29 is 18.8 Å². The van der Waals surface area contributed by atoms with E-state index < -0.39 is 0 Å². The lowest BCUT2D eigenvalue weighted by molar-refractivity contribution is -0.140. The highest BCUT2D eigenvalue weighted by Crippen LogP contribution is 2.24. The van der Waals surface area contributed by atoms with Crippen LogP contribution in [0.5, 0.6) is 0 Å². The predicted octanol–water partition coefficient (Wildman–Crippen LogP) is 2.75. The Morgan fingerprint density at radius 2 is 1.88 bits per heavy atom. The lowest BCUT2D eigenvalue weighted by Crippen LogP contribution is -2.56. The van der Waals surface area contributed by atoms with Crippen LogP contribution in [0.15, 0.2) is 28.8 Å². The minimum absolute atomic E-state index is 0. The zero-order valence-electron chi connectivity index (χ0n) is 23.2. The fourth-order valence-corrected chi connectivity index (χ4v) is 5.42. The monoisotopic (exact) mass is 595 g/mol. The number of aromatic nitrogens is 4. The molecule has 2 fully saturated rings. The molecule has 5 rings (SSSR count). The number of fused-ring (bicyclic) bond motifs is 1. The number of amides is 2. The van der Waals surface area contributed by atoms with Crippen LogP contribution in [0.1, 0.15) is 42.6 Å². The van der Waals surface area contributed by atoms with E-state index in [-0.39, 0.29) is 54.5 Å². The van der Waals surface area contributed by atoms with Crippen molar-refractivity contribution in [1.82, 2.24) is 34.8 Å².